The third-order valence-electron chi connectivity index (χ3n) is 2.27. The number of hydrogen-bond acceptors (Lipinski definition) is 2. The van der Waals surface area contributed by atoms with Gasteiger partial charge in [-0.1, -0.05) is 24.6 Å². The number of rotatable bonds is 6. The summed E-state index contributed by atoms with van der Waals surface area (Å²) in [5.74, 6) is -0.672. The number of halogens is 3. The van der Waals surface area contributed by atoms with Crippen LogP contribution in [-0.2, 0) is 11.2 Å². The fraction of sp³-hybridized carbons (Fsp3) is 0.417. The van der Waals surface area contributed by atoms with Gasteiger partial charge in [0.05, 0.1) is 6.42 Å². The van der Waals surface area contributed by atoms with E-state index in [4.69, 9.17) is 11.6 Å². The molecule has 0 unspecified atom stereocenters. The van der Waals surface area contributed by atoms with Crippen molar-refractivity contribution >= 4 is 29.9 Å². The lowest BCUT2D eigenvalue weighted by Gasteiger charge is -2.07. The number of likely N-dealkylation sites (N-methyl/N-ethyl adjacent to an activating group) is 1. The molecule has 0 aliphatic carbocycles. The third kappa shape index (κ3) is 5.67. The Morgan fingerprint density at radius 1 is 1.39 bits per heavy atom. The van der Waals surface area contributed by atoms with E-state index >= 15 is 0 Å². The molecule has 1 aromatic rings. The molecule has 0 aliphatic heterocycles. The Labute approximate surface area is 118 Å². The highest BCUT2D eigenvalue weighted by Crippen LogP contribution is 2.19. The summed E-state index contributed by atoms with van der Waals surface area (Å²) in [7, 11) is 0. The van der Waals surface area contributed by atoms with Crippen LogP contribution in [0.4, 0.5) is 4.39 Å². The molecule has 0 aliphatic rings. The Morgan fingerprint density at radius 2 is 2.11 bits per heavy atom. The maximum absolute atomic E-state index is 13.4. The highest BCUT2D eigenvalue weighted by molar-refractivity contribution is 6.31. The highest BCUT2D eigenvalue weighted by Gasteiger charge is 2.11. The van der Waals surface area contributed by atoms with Crippen LogP contribution in [0.2, 0.25) is 5.02 Å². The van der Waals surface area contributed by atoms with Crippen LogP contribution in [-0.4, -0.2) is 25.5 Å². The van der Waals surface area contributed by atoms with Gasteiger partial charge in [-0.25, -0.2) is 4.39 Å². The van der Waals surface area contributed by atoms with Crippen molar-refractivity contribution in [1.29, 1.82) is 0 Å². The lowest BCUT2D eigenvalue weighted by atomic mass is 10.1. The predicted molar refractivity (Wildman–Crippen MR) is 73.9 cm³/mol. The summed E-state index contributed by atoms with van der Waals surface area (Å²) < 4.78 is 13.4. The molecule has 0 bridgehead atoms. The first-order valence-corrected chi connectivity index (χ1v) is 5.93. The van der Waals surface area contributed by atoms with Gasteiger partial charge in [0.25, 0.3) is 0 Å². The van der Waals surface area contributed by atoms with Crippen molar-refractivity contribution in [3.8, 4) is 0 Å². The first kappa shape index (κ1) is 17.2. The molecular weight excluding hydrogens is 278 g/mol. The number of amides is 1. The molecule has 0 atom stereocenters. The molecule has 2 N–H and O–H groups in total. The van der Waals surface area contributed by atoms with Crippen LogP contribution in [0.25, 0.3) is 0 Å². The molecule has 102 valence electrons. The summed E-state index contributed by atoms with van der Waals surface area (Å²) in [6.45, 7) is 4.07. The maximum Gasteiger partial charge on any atom is 0.224 e. The molecule has 0 saturated heterocycles. The van der Waals surface area contributed by atoms with E-state index in [1.165, 1.54) is 12.1 Å². The smallest absolute Gasteiger partial charge is 0.224 e. The molecule has 0 saturated carbocycles. The minimum absolute atomic E-state index is 0. The SMILES string of the molecule is CCNCCNC(=O)Cc1c(F)cccc1Cl.Cl. The fourth-order valence-corrected chi connectivity index (χ4v) is 1.62. The maximum atomic E-state index is 13.4. The van der Waals surface area contributed by atoms with Crippen LogP contribution >= 0.6 is 24.0 Å². The number of hydrogen-bond donors (Lipinski definition) is 2. The molecule has 0 aromatic heterocycles. The van der Waals surface area contributed by atoms with Crippen LogP contribution in [0, 0.1) is 5.82 Å². The van der Waals surface area contributed by atoms with Gasteiger partial charge in [0.15, 0.2) is 0 Å². The first-order valence-electron chi connectivity index (χ1n) is 5.55. The molecule has 0 radical (unpaired) electrons. The molecular formula is C12H17Cl2FN2O. The highest BCUT2D eigenvalue weighted by atomic mass is 35.5. The van der Waals surface area contributed by atoms with E-state index in [-0.39, 0.29) is 35.3 Å². The molecule has 18 heavy (non-hydrogen) atoms. The van der Waals surface area contributed by atoms with Crippen LogP contribution < -0.4 is 10.6 Å². The van der Waals surface area contributed by atoms with Gasteiger partial charge in [0.2, 0.25) is 5.91 Å². The molecule has 0 heterocycles. The zero-order valence-electron chi connectivity index (χ0n) is 10.1. The largest absolute Gasteiger partial charge is 0.355 e. The average Bonchev–Trinajstić information content (AvgIpc) is 2.30. The van der Waals surface area contributed by atoms with Crippen LogP contribution in [0.15, 0.2) is 18.2 Å². The van der Waals surface area contributed by atoms with Crippen molar-refractivity contribution < 1.29 is 9.18 Å². The van der Waals surface area contributed by atoms with Crippen molar-refractivity contribution in [2.45, 2.75) is 13.3 Å². The molecule has 3 nitrogen and oxygen atoms in total. The van der Waals surface area contributed by atoms with E-state index < -0.39 is 5.82 Å². The molecule has 0 spiro atoms. The molecule has 1 rings (SSSR count). The Bertz CT molecular complexity index is 368. The van der Waals surface area contributed by atoms with Gasteiger partial charge in [-0.3, -0.25) is 4.79 Å². The Kier molecular flexibility index (Phi) is 8.71. The van der Waals surface area contributed by atoms with Crippen LogP contribution in [0.5, 0.6) is 0 Å². The quantitative estimate of drug-likeness (QED) is 0.790. The van der Waals surface area contributed by atoms with Gasteiger partial charge in [-0.15, -0.1) is 12.4 Å². The molecule has 6 heteroatoms. The molecule has 1 aromatic carbocycles. The number of nitrogens with one attached hydrogen (secondary N) is 2. The van der Waals surface area contributed by atoms with Gasteiger partial charge in [-0.2, -0.15) is 0 Å². The molecule has 1 amide bonds. The topological polar surface area (TPSA) is 41.1 Å². The first-order chi connectivity index (χ1) is 8.15. The summed E-state index contributed by atoms with van der Waals surface area (Å²) in [6.07, 6.45) is -0.0301. The average molecular weight is 295 g/mol. The van der Waals surface area contributed by atoms with Crippen LogP contribution in [0.3, 0.4) is 0 Å². The van der Waals surface area contributed by atoms with Gasteiger partial charge >= 0.3 is 0 Å². The zero-order valence-corrected chi connectivity index (χ0v) is 11.7. The summed E-state index contributed by atoms with van der Waals surface area (Å²) in [5, 5.41) is 6.05. The number of benzene rings is 1. The van der Waals surface area contributed by atoms with Crippen molar-refractivity contribution in [3.05, 3.63) is 34.6 Å². The Hall–Kier alpha value is -0.840. The Morgan fingerprint density at radius 3 is 2.72 bits per heavy atom. The summed E-state index contributed by atoms with van der Waals surface area (Å²) in [6, 6.07) is 4.39. The normalized spacial score (nSPS) is 9.72. The van der Waals surface area contributed by atoms with Gasteiger partial charge in [-0.05, 0) is 18.7 Å². The van der Waals surface area contributed by atoms with Crippen molar-refractivity contribution in [1.82, 2.24) is 10.6 Å². The summed E-state index contributed by atoms with van der Waals surface area (Å²) >= 11 is 5.83. The van der Waals surface area contributed by atoms with E-state index in [9.17, 15) is 9.18 Å². The molecule has 0 fully saturated rings. The fourth-order valence-electron chi connectivity index (χ4n) is 1.39. The van der Waals surface area contributed by atoms with Gasteiger partial charge < -0.3 is 10.6 Å². The Balaban J connectivity index is 0.00000289. The van der Waals surface area contributed by atoms with E-state index in [1.807, 2.05) is 6.92 Å². The predicted octanol–water partition coefficient (Wildman–Crippen LogP) is 2.17. The second kappa shape index (κ2) is 9.14. The second-order valence-electron chi connectivity index (χ2n) is 3.58. The minimum Gasteiger partial charge on any atom is -0.355 e. The second-order valence-corrected chi connectivity index (χ2v) is 3.99. The number of carbonyl (C=O) groups excluding carboxylic acids is 1. The number of carbonyl (C=O) groups is 1. The standard InChI is InChI=1S/C12H16ClFN2O.ClH/c1-2-15-6-7-16-12(17)8-9-10(13)4-3-5-11(9)14;/h3-5,15H,2,6-8H2,1H3,(H,16,17);1H. The minimum atomic E-state index is -0.445. The summed E-state index contributed by atoms with van der Waals surface area (Å²) in [4.78, 5) is 11.5. The summed E-state index contributed by atoms with van der Waals surface area (Å²) in [5.41, 5.74) is 0.245. The van der Waals surface area contributed by atoms with Gasteiger partial charge in [0.1, 0.15) is 5.82 Å². The lowest BCUT2D eigenvalue weighted by Crippen LogP contribution is -2.32. The third-order valence-corrected chi connectivity index (χ3v) is 2.63. The van der Waals surface area contributed by atoms with Crippen molar-refractivity contribution in [2.24, 2.45) is 0 Å². The van der Waals surface area contributed by atoms with Crippen molar-refractivity contribution in [2.75, 3.05) is 19.6 Å². The van der Waals surface area contributed by atoms with Gasteiger partial charge in [0, 0.05) is 23.7 Å². The van der Waals surface area contributed by atoms with E-state index in [0.717, 1.165) is 6.54 Å². The lowest BCUT2D eigenvalue weighted by molar-refractivity contribution is -0.120. The van der Waals surface area contributed by atoms with E-state index in [0.29, 0.717) is 13.1 Å². The van der Waals surface area contributed by atoms with E-state index in [2.05, 4.69) is 10.6 Å². The van der Waals surface area contributed by atoms with Crippen molar-refractivity contribution in [3.63, 3.8) is 0 Å². The zero-order chi connectivity index (χ0) is 12.7. The van der Waals surface area contributed by atoms with E-state index in [1.54, 1.807) is 6.07 Å². The monoisotopic (exact) mass is 294 g/mol. The van der Waals surface area contributed by atoms with Crippen LogP contribution in [0.1, 0.15) is 12.5 Å².